The van der Waals surface area contributed by atoms with Gasteiger partial charge in [0, 0.05) is 43.3 Å². The summed E-state index contributed by atoms with van der Waals surface area (Å²) in [5.41, 5.74) is 2.11. The third-order valence-electron chi connectivity index (χ3n) is 7.26. The number of piperidine rings is 1. The highest BCUT2D eigenvalue weighted by Gasteiger charge is 2.36. The fraction of sp³-hybridized carbons (Fsp3) is 0.484. The summed E-state index contributed by atoms with van der Waals surface area (Å²) in [5.74, 6) is 1.54. The van der Waals surface area contributed by atoms with Gasteiger partial charge in [-0.2, -0.15) is 0 Å². The maximum absolute atomic E-state index is 10.1. The zero-order chi connectivity index (χ0) is 27.8. The molecular weight excluding hydrogens is 498 g/mol. The molecular formula is C31H41NO7. The van der Waals surface area contributed by atoms with Crippen LogP contribution in [-0.2, 0) is 16.1 Å². The van der Waals surface area contributed by atoms with Crippen molar-refractivity contribution in [1.29, 1.82) is 0 Å². The monoisotopic (exact) mass is 539 g/mol. The summed E-state index contributed by atoms with van der Waals surface area (Å²) < 4.78 is 23.7. The van der Waals surface area contributed by atoms with Crippen LogP contribution in [0.15, 0.2) is 60.7 Å². The predicted octanol–water partition coefficient (Wildman–Crippen LogP) is 3.60. The van der Waals surface area contributed by atoms with E-state index in [0.29, 0.717) is 26.1 Å². The largest absolute Gasteiger partial charge is 0.496 e. The van der Waals surface area contributed by atoms with Crippen LogP contribution in [0.1, 0.15) is 37.3 Å². The van der Waals surface area contributed by atoms with Crippen LogP contribution in [0.5, 0.6) is 11.5 Å². The summed E-state index contributed by atoms with van der Waals surface area (Å²) in [4.78, 5) is 0. The quantitative estimate of drug-likeness (QED) is 0.244. The molecule has 6 atom stereocenters. The van der Waals surface area contributed by atoms with Gasteiger partial charge in [-0.25, -0.2) is 0 Å². The summed E-state index contributed by atoms with van der Waals surface area (Å²) >= 11 is 0. The van der Waals surface area contributed by atoms with Crippen LogP contribution in [0.2, 0.25) is 0 Å². The Hall–Kier alpha value is -2.72. The molecule has 0 aromatic heterocycles. The number of hydrogen-bond donors (Lipinski definition) is 4. The van der Waals surface area contributed by atoms with E-state index >= 15 is 0 Å². The average molecular weight is 540 g/mol. The molecule has 0 spiro atoms. The number of methoxy groups -OCH3 is 1. The molecule has 4 rings (SSSR count). The van der Waals surface area contributed by atoms with Crippen molar-refractivity contribution in [2.24, 2.45) is 5.92 Å². The highest BCUT2D eigenvalue weighted by atomic mass is 16.6. The van der Waals surface area contributed by atoms with Gasteiger partial charge in [0.15, 0.2) is 6.29 Å². The first-order chi connectivity index (χ1) is 18.9. The molecule has 8 heteroatoms. The number of aliphatic hydroxyl groups is 3. The first kappa shape index (κ1) is 29.3. The Morgan fingerprint density at radius 2 is 1.77 bits per heavy atom. The fourth-order valence-corrected chi connectivity index (χ4v) is 5.17. The number of rotatable bonds is 13. The molecule has 1 heterocycles. The second-order valence-corrected chi connectivity index (χ2v) is 10.3. The normalized spacial score (nSPS) is 21.8. The van der Waals surface area contributed by atoms with E-state index in [9.17, 15) is 15.3 Å². The number of aliphatic hydroxyl groups excluding tert-OH is 3. The molecule has 1 aliphatic rings. The molecule has 8 nitrogen and oxygen atoms in total. The smallest absolute Gasteiger partial charge is 0.180 e. The van der Waals surface area contributed by atoms with Gasteiger partial charge in [0.1, 0.15) is 17.6 Å². The second kappa shape index (κ2) is 14.1. The maximum atomic E-state index is 10.1. The highest BCUT2D eigenvalue weighted by Crippen LogP contribution is 2.35. The second-order valence-electron chi connectivity index (χ2n) is 10.3. The summed E-state index contributed by atoms with van der Waals surface area (Å²) in [6.45, 7) is 5.54. The zero-order valence-corrected chi connectivity index (χ0v) is 23.0. The topological polar surface area (TPSA) is 110 Å². The van der Waals surface area contributed by atoms with Crippen molar-refractivity contribution in [3.05, 3.63) is 71.8 Å². The van der Waals surface area contributed by atoms with E-state index in [2.05, 4.69) is 17.4 Å². The lowest BCUT2D eigenvalue weighted by Crippen LogP contribution is -2.48. The van der Waals surface area contributed by atoms with E-state index in [0.717, 1.165) is 33.4 Å². The number of hydrogen-bond acceptors (Lipinski definition) is 8. The van der Waals surface area contributed by atoms with Gasteiger partial charge in [-0.3, -0.25) is 0 Å². The Morgan fingerprint density at radius 1 is 1.00 bits per heavy atom. The number of ether oxygens (including phenoxy) is 4. The van der Waals surface area contributed by atoms with Crippen molar-refractivity contribution in [3.8, 4) is 11.5 Å². The van der Waals surface area contributed by atoms with Crippen LogP contribution >= 0.6 is 0 Å². The van der Waals surface area contributed by atoms with Crippen molar-refractivity contribution in [3.63, 3.8) is 0 Å². The lowest BCUT2D eigenvalue weighted by Gasteiger charge is -2.39. The number of benzene rings is 3. The van der Waals surface area contributed by atoms with Crippen LogP contribution in [0, 0.1) is 5.92 Å². The van der Waals surface area contributed by atoms with Gasteiger partial charge in [0.2, 0.25) is 0 Å². The van der Waals surface area contributed by atoms with Gasteiger partial charge in [-0.15, -0.1) is 0 Å². The maximum Gasteiger partial charge on any atom is 0.180 e. The fourth-order valence-electron chi connectivity index (χ4n) is 5.17. The van der Waals surface area contributed by atoms with Gasteiger partial charge in [0.05, 0.1) is 32.5 Å². The Bertz CT molecular complexity index is 1170. The van der Waals surface area contributed by atoms with Gasteiger partial charge < -0.3 is 39.6 Å². The van der Waals surface area contributed by atoms with Crippen molar-refractivity contribution < 1.29 is 34.3 Å². The first-order valence-electron chi connectivity index (χ1n) is 13.6. The Morgan fingerprint density at radius 3 is 2.49 bits per heavy atom. The standard InChI is InChI=1S/C31H41NO7/c1-20(12-13-33)39-26-10-8-23(9-11-26)30-25(19-38-31(35)21(2)34)16-32-17-29(30)37-18-22-14-24-6-4-5-7-27(24)28(15-22)36-3/h4-11,14-15,20-21,25,29-35H,12-13,16-19H2,1-3H3/t20?,21?,25-,29-,30-,31?/m0/s1. The molecule has 3 aromatic rings. The van der Waals surface area contributed by atoms with E-state index in [4.69, 9.17) is 18.9 Å². The van der Waals surface area contributed by atoms with Crippen molar-refractivity contribution in [2.45, 2.75) is 57.4 Å². The van der Waals surface area contributed by atoms with Crippen LogP contribution < -0.4 is 14.8 Å². The van der Waals surface area contributed by atoms with Crippen LogP contribution in [-0.4, -0.2) is 73.3 Å². The van der Waals surface area contributed by atoms with E-state index in [1.165, 1.54) is 6.92 Å². The van der Waals surface area contributed by atoms with Crippen molar-refractivity contribution in [2.75, 3.05) is 33.4 Å². The van der Waals surface area contributed by atoms with Crippen LogP contribution in [0.25, 0.3) is 10.8 Å². The molecule has 212 valence electrons. The Kier molecular flexibility index (Phi) is 10.6. The molecule has 4 N–H and O–H groups in total. The third-order valence-corrected chi connectivity index (χ3v) is 7.26. The zero-order valence-electron chi connectivity index (χ0n) is 23.0. The van der Waals surface area contributed by atoms with E-state index in [1.807, 2.05) is 55.5 Å². The average Bonchev–Trinajstić information content (AvgIpc) is 2.94. The molecule has 0 amide bonds. The SMILES string of the molecule is COc1cc(CO[C@H]2CNC[C@@H](COC(O)C(C)O)[C@@H]2c2ccc(OC(C)CCO)cc2)cc2ccccc12. The minimum Gasteiger partial charge on any atom is -0.496 e. The minimum atomic E-state index is -1.25. The molecule has 39 heavy (non-hydrogen) atoms. The predicted molar refractivity (Wildman–Crippen MR) is 150 cm³/mol. The number of fused-ring (bicyclic) bond motifs is 1. The Balaban J connectivity index is 1.54. The van der Waals surface area contributed by atoms with E-state index in [-0.39, 0.29) is 37.3 Å². The molecule has 0 saturated carbocycles. The van der Waals surface area contributed by atoms with Crippen LogP contribution in [0.3, 0.4) is 0 Å². The molecule has 1 aliphatic heterocycles. The summed E-state index contributed by atoms with van der Waals surface area (Å²) in [5, 5.41) is 34.5. The van der Waals surface area contributed by atoms with Crippen molar-refractivity contribution in [1.82, 2.24) is 5.32 Å². The van der Waals surface area contributed by atoms with Gasteiger partial charge in [-0.05, 0) is 54.6 Å². The lowest BCUT2D eigenvalue weighted by atomic mass is 9.79. The Labute approximate surface area is 230 Å². The van der Waals surface area contributed by atoms with E-state index < -0.39 is 12.4 Å². The molecule has 0 aliphatic carbocycles. The molecule has 3 unspecified atom stereocenters. The summed E-state index contributed by atoms with van der Waals surface area (Å²) in [6.07, 6.45) is -1.91. The molecule has 1 fully saturated rings. The first-order valence-corrected chi connectivity index (χ1v) is 13.6. The molecule has 0 bridgehead atoms. The minimum absolute atomic E-state index is 0.00312. The van der Waals surface area contributed by atoms with Gasteiger partial charge >= 0.3 is 0 Å². The van der Waals surface area contributed by atoms with Gasteiger partial charge in [0.25, 0.3) is 0 Å². The van der Waals surface area contributed by atoms with Crippen molar-refractivity contribution >= 4 is 10.8 Å². The summed E-state index contributed by atoms with van der Waals surface area (Å²) in [7, 11) is 1.68. The molecule has 1 saturated heterocycles. The van der Waals surface area contributed by atoms with E-state index in [1.54, 1.807) is 7.11 Å². The molecule has 0 radical (unpaired) electrons. The summed E-state index contributed by atoms with van der Waals surface area (Å²) in [6, 6.07) is 20.3. The number of nitrogens with one attached hydrogen (secondary N) is 1. The highest BCUT2D eigenvalue weighted by molar-refractivity contribution is 5.89. The lowest BCUT2D eigenvalue weighted by molar-refractivity contribution is -0.168. The third kappa shape index (κ3) is 7.69. The van der Waals surface area contributed by atoms with Gasteiger partial charge in [-0.1, -0.05) is 36.4 Å². The molecule has 3 aromatic carbocycles. The van der Waals surface area contributed by atoms with Crippen LogP contribution in [0.4, 0.5) is 0 Å².